The Kier molecular flexibility index (Phi) is 5.48. The normalized spacial score (nSPS) is 19.6. The lowest BCUT2D eigenvalue weighted by atomic mass is 9.65. The molecule has 2 heterocycles. The molecule has 0 saturated carbocycles. The SMILES string of the molecule is CCCCC1(CC)c2ccc(-c3ccc(C#N)cc3)cc2-c2ccc(C)c[n+]2C1C. The lowest BCUT2D eigenvalue weighted by Gasteiger charge is -2.40. The van der Waals surface area contributed by atoms with Gasteiger partial charge in [0.15, 0.2) is 12.2 Å². The minimum absolute atomic E-state index is 0.153. The number of benzene rings is 2. The lowest BCUT2D eigenvalue weighted by Crippen LogP contribution is -2.54. The van der Waals surface area contributed by atoms with Crippen LogP contribution in [0.5, 0.6) is 0 Å². The van der Waals surface area contributed by atoms with E-state index in [-0.39, 0.29) is 5.41 Å². The molecule has 2 aromatic carbocycles. The van der Waals surface area contributed by atoms with Gasteiger partial charge < -0.3 is 0 Å². The van der Waals surface area contributed by atoms with E-state index in [4.69, 9.17) is 5.26 Å². The summed E-state index contributed by atoms with van der Waals surface area (Å²) in [6.07, 6.45) is 7.14. The molecule has 0 N–H and O–H groups in total. The molecule has 0 bridgehead atoms. The van der Waals surface area contributed by atoms with Crippen molar-refractivity contribution >= 4 is 0 Å². The molecule has 1 aromatic heterocycles. The monoisotopic (exact) mass is 395 g/mol. The zero-order valence-electron chi connectivity index (χ0n) is 18.6. The van der Waals surface area contributed by atoms with Crippen LogP contribution in [0.3, 0.4) is 0 Å². The minimum atomic E-state index is 0.153. The van der Waals surface area contributed by atoms with Crippen molar-refractivity contribution in [3.63, 3.8) is 0 Å². The highest BCUT2D eigenvalue weighted by atomic mass is 15.0. The standard InChI is InChI=1S/C28H31N2/c1-5-7-16-28(6-2)21(4)30-19-20(3)8-15-27(30)25-17-24(13-14-26(25)28)23-11-9-22(18-29)10-12-23/h8-15,17,19,21H,5-7,16H2,1-4H3/q+1. The first-order valence-corrected chi connectivity index (χ1v) is 11.2. The van der Waals surface area contributed by atoms with Crippen LogP contribution in [0.25, 0.3) is 22.4 Å². The lowest BCUT2D eigenvalue weighted by molar-refractivity contribution is -0.721. The number of hydrogen-bond acceptors (Lipinski definition) is 1. The van der Waals surface area contributed by atoms with Crippen molar-refractivity contribution in [2.24, 2.45) is 0 Å². The Morgan fingerprint density at radius 1 is 1.00 bits per heavy atom. The molecule has 152 valence electrons. The predicted octanol–water partition coefficient (Wildman–Crippen LogP) is 6.90. The van der Waals surface area contributed by atoms with Gasteiger partial charge in [-0.3, -0.25) is 0 Å². The van der Waals surface area contributed by atoms with Gasteiger partial charge in [0.05, 0.1) is 22.6 Å². The minimum Gasteiger partial charge on any atom is -0.195 e. The third-order valence-electron chi connectivity index (χ3n) is 7.13. The van der Waals surface area contributed by atoms with Gasteiger partial charge in [-0.2, -0.15) is 9.83 Å². The Morgan fingerprint density at radius 3 is 2.40 bits per heavy atom. The van der Waals surface area contributed by atoms with Crippen LogP contribution >= 0.6 is 0 Å². The summed E-state index contributed by atoms with van der Waals surface area (Å²) < 4.78 is 2.51. The van der Waals surface area contributed by atoms with Crippen LogP contribution in [0.1, 0.15) is 69.2 Å². The summed E-state index contributed by atoms with van der Waals surface area (Å²) in [4.78, 5) is 0. The summed E-state index contributed by atoms with van der Waals surface area (Å²) >= 11 is 0. The maximum absolute atomic E-state index is 9.12. The van der Waals surface area contributed by atoms with Crippen LogP contribution in [0.4, 0.5) is 0 Å². The van der Waals surface area contributed by atoms with Crippen molar-refractivity contribution in [1.82, 2.24) is 0 Å². The van der Waals surface area contributed by atoms with Crippen molar-refractivity contribution in [2.45, 2.75) is 64.8 Å². The zero-order valence-corrected chi connectivity index (χ0v) is 18.6. The Labute approximate surface area is 180 Å². The fraction of sp³-hybridized carbons (Fsp3) is 0.357. The third kappa shape index (κ3) is 3.23. The van der Waals surface area contributed by atoms with Gasteiger partial charge in [-0.05, 0) is 67.6 Å². The topological polar surface area (TPSA) is 27.7 Å². The molecule has 2 atom stereocenters. The van der Waals surface area contributed by atoms with E-state index in [2.05, 4.69) is 87.0 Å². The van der Waals surface area contributed by atoms with Gasteiger partial charge in [0.1, 0.15) is 0 Å². The number of pyridine rings is 1. The molecule has 0 aliphatic carbocycles. The second-order valence-corrected chi connectivity index (χ2v) is 8.74. The molecule has 2 nitrogen and oxygen atoms in total. The summed E-state index contributed by atoms with van der Waals surface area (Å²) in [6, 6.07) is 22.1. The molecule has 1 aliphatic heterocycles. The first-order valence-electron chi connectivity index (χ1n) is 11.2. The van der Waals surface area contributed by atoms with Crippen LogP contribution in [-0.2, 0) is 5.41 Å². The van der Waals surface area contributed by atoms with Gasteiger partial charge in [0.2, 0.25) is 5.69 Å². The smallest absolute Gasteiger partial charge is 0.195 e. The largest absolute Gasteiger partial charge is 0.213 e. The quantitative estimate of drug-likeness (QED) is 0.432. The number of hydrogen-bond donors (Lipinski definition) is 0. The molecule has 4 rings (SSSR count). The van der Waals surface area contributed by atoms with Gasteiger partial charge in [-0.15, -0.1) is 0 Å². The van der Waals surface area contributed by atoms with Crippen molar-refractivity contribution in [2.75, 3.05) is 0 Å². The van der Waals surface area contributed by atoms with Crippen LogP contribution in [-0.4, -0.2) is 0 Å². The average molecular weight is 396 g/mol. The molecule has 0 fully saturated rings. The number of unbranched alkanes of at least 4 members (excludes halogenated alkanes) is 1. The Hall–Kier alpha value is -2.92. The average Bonchev–Trinajstić information content (AvgIpc) is 2.79. The van der Waals surface area contributed by atoms with Gasteiger partial charge >= 0.3 is 0 Å². The molecule has 0 amide bonds. The number of aryl methyl sites for hydroxylation is 1. The number of aromatic nitrogens is 1. The van der Waals surface area contributed by atoms with E-state index in [0.29, 0.717) is 11.6 Å². The molecule has 2 heteroatoms. The highest BCUT2D eigenvalue weighted by Crippen LogP contribution is 2.48. The molecule has 1 aliphatic rings. The van der Waals surface area contributed by atoms with Crippen molar-refractivity contribution in [3.05, 3.63) is 77.5 Å². The van der Waals surface area contributed by atoms with Gasteiger partial charge in [0, 0.05) is 11.6 Å². The summed E-state index contributed by atoms with van der Waals surface area (Å²) in [7, 11) is 0. The molecule has 3 aromatic rings. The number of rotatable bonds is 5. The number of nitriles is 1. The maximum Gasteiger partial charge on any atom is 0.213 e. The summed E-state index contributed by atoms with van der Waals surface area (Å²) in [6.45, 7) is 9.23. The highest BCUT2D eigenvalue weighted by molar-refractivity contribution is 5.75. The fourth-order valence-corrected chi connectivity index (χ4v) is 5.27. The van der Waals surface area contributed by atoms with Crippen LogP contribution < -0.4 is 4.57 Å². The summed E-state index contributed by atoms with van der Waals surface area (Å²) in [5.41, 5.74) is 8.67. The van der Waals surface area contributed by atoms with E-state index in [1.807, 2.05) is 12.1 Å². The molecule has 0 saturated heterocycles. The van der Waals surface area contributed by atoms with E-state index in [0.717, 1.165) is 12.0 Å². The van der Waals surface area contributed by atoms with E-state index in [1.165, 1.54) is 47.2 Å². The van der Waals surface area contributed by atoms with Gasteiger partial charge in [-0.25, -0.2) is 0 Å². The van der Waals surface area contributed by atoms with Gasteiger partial charge in [-0.1, -0.05) is 51.0 Å². The number of fused-ring (bicyclic) bond motifs is 3. The summed E-state index contributed by atoms with van der Waals surface area (Å²) in [5.74, 6) is 0. The maximum atomic E-state index is 9.12. The number of nitrogens with zero attached hydrogens (tertiary/aromatic N) is 2. The molecule has 30 heavy (non-hydrogen) atoms. The fourth-order valence-electron chi connectivity index (χ4n) is 5.27. The van der Waals surface area contributed by atoms with Crippen molar-refractivity contribution < 1.29 is 4.57 Å². The van der Waals surface area contributed by atoms with Crippen LogP contribution in [0, 0.1) is 18.3 Å². The molecular formula is C28H31N2+. The summed E-state index contributed by atoms with van der Waals surface area (Å²) in [5, 5.41) is 9.12. The van der Waals surface area contributed by atoms with Crippen molar-refractivity contribution in [1.29, 1.82) is 5.26 Å². The van der Waals surface area contributed by atoms with E-state index < -0.39 is 0 Å². The second kappa shape index (κ2) is 8.07. The van der Waals surface area contributed by atoms with E-state index in [1.54, 1.807) is 0 Å². The first-order chi connectivity index (χ1) is 14.5. The highest BCUT2D eigenvalue weighted by Gasteiger charge is 2.48. The molecule has 0 spiro atoms. The van der Waals surface area contributed by atoms with Crippen LogP contribution in [0.15, 0.2) is 60.8 Å². The van der Waals surface area contributed by atoms with E-state index >= 15 is 0 Å². The van der Waals surface area contributed by atoms with E-state index in [9.17, 15) is 0 Å². The zero-order chi connectivity index (χ0) is 21.3. The molecule has 2 unspecified atom stereocenters. The Balaban J connectivity index is 1.93. The molecule has 0 radical (unpaired) electrons. The Morgan fingerprint density at radius 2 is 1.73 bits per heavy atom. The third-order valence-corrected chi connectivity index (χ3v) is 7.13. The van der Waals surface area contributed by atoms with Crippen LogP contribution in [0.2, 0.25) is 0 Å². The second-order valence-electron chi connectivity index (χ2n) is 8.74. The first kappa shape index (κ1) is 20.4. The van der Waals surface area contributed by atoms with Crippen molar-refractivity contribution in [3.8, 4) is 28.5 Å². The molecular weight excluding hydrogens is 364 g/mol. The van der Waals surface area contributed by atoms with Gasteiger partial charge in [0.25, 0.3) is 0 Å². The predicted molar refractivity (Wildman–Crippen MR) is 123 cm³/mol. The Bertz CT molecular complexity index is 1100.